The van der Waals surface area contributed by atoms with Gasteiger partial charge in [-0.3, -0.25) is 4.90 Å². The first-order valence-electron chi connectivity index (χ1n) is 10.2. The van der Waals surface area contributed by atoms with Crippen molar-refractivity contribution in [3.8, 4) is 0 Å². The molecule has 1 fully saturated rings. The zero-order valence-electron chi connectivity index (χ0n) is 16.6. The fourth-order valence-corrected chi connectivity index (χ4v) is 3.42. The van der Waals surface area contributed by atoms with Crippen LogP contribution in [0, 0.1) is 0 Å². The first-order valence-corrected chi connectivity index (χ1v) is 10.2. The molecule has 2 heterocycles. The maximum absolute atomic E-state index is 4.71. The highest BCUT2D eigenvalue weighted by Crippen LogP contribution is 2.14. The van der Waals surface area contributed by atoms with Gasteiger partial charge in [0.1, 0.15) is 5.82 Å². The summed E-state index contributed by atoms with van der Waals surface area (Å²) in [5, 5.41) is 3.40. The monoisotopic (exact) mass is 385 g/mol. The van der Waals surface area contributed by atoms with Gasteiger partial charge in [-0.2, -0.15) is 4.98 Å². The van der Waals surface area contributed by atoms with Crippen molar-refractivity contribution in [3.63, 3.8) is 0 Å². The lowest BCUT2D eigenvalue weighted by Gasteiger charge is -2.34. The number of nitrogens with zero attached hydrogens (tertiary/aromatic N) is 4. The van der Waals surface area contributed by atoms with Crippen molar-refractivity contribution < 1.29 is 0 Å². The van der Waals surface area contributed by atoms with Crippen molar-refractivity contribution in [1.82, 2.24) is 14.9 Å². The second-order valence-electron chi connectivity index (χ2n) is 7.18. The van der Waals surface area contributed by atoms with Gasteiger partial charge in [0.05, 0.1) is 0 Å². The minimum absolute atomic E-state index is 0.763. The van der Waals surface area contributed by atoms with Crippen LogP contribution in [-0.2, 0) is 6.54 Å². The van der Waals surface area contributed by atoms with Crippen molar-refractivity contribution in [2.45, 2.75) is 6.54 Å². The highest BCUT2D eigenvalue weighted by atomic mass is 15.3. The SMILES string of the molecule is C(=C\c1ccccc1)/CN1CCN(c2nccc(NCc3ccccc3)n2)CC1. The highest BCUT2D eigenvalue weighted by molar-refractivity contribution is 5.48. The summed E-state index contributed by atoms with van der Waals surface area (Å²) in [7, 11) is 0. The average Bonchev–Trinajstić information content (AvgIpc) is 2.80. The molecule has 1 aliphatic heterocycles. The van der Waals surface area contributed by atoms with E-state index in [0.717, 1.165) is 51.0 Å². The molecule has 5 nitrogen and oxygen atoms in total. The van der Waals surface area contributed by atoms with Crippen molar-refractivity contribution >= 4 is 17.8 Å². The summed E-state index contributed by atoms with van der Waals surface area (Å²) in [6, 6.07) is 22.7. The van der Waals surface area contributed by atoms with Crippen LogP contribution in [0.1, 0.15) is 11.1 Å². The van der Waals surface area contributed by atoms with Crippen LogP contribution in [0.5, 0.6) is 0 Å². The van der Waals surface area contributed by atoms with Crippen LogP contribution in [0.25, 0.3) is 6.08 Å². The van der Waals surface area contributed by atoms with Gasteiger partial charge in [0, 0.05) is 45.5 Å². The minimum Gasteiger partial charge on any atom is -0.366 e. The quantitative estimate of drug-likeness (QED) is 0.668. The van der Waals surface area contributed by atoms with Gasteiger partial charge < -0.3 is 10.2 Å². The van der Waals surface area contributed by atoms with Crippen LogP contribution in [0.15, 0.2) is 79.0 Å². The number of hydrogen-bond acceptors (Lipinski definition) is 5. The third-order valence-corrected chi connectivity index (χ3v) is 5.09. The van der Waals surface area contributed by atoms with E-state index < -0.39 is 0 Å². The number of hydrogen-bond donors (Lipinski definition) is 1. The summed E-state index contributed by atoms with van der Waals surface area (Å²) in [5.41, 5.74) is 2.49. The molecule has 0 atom stereocenters. The topological polar surface area (TPSA) is 44.3 Å². The Morgan fingerprint density at radius 2 is 1.59 bits per heavy atom. The fourth-order valence-electron chi connectivity index (χ4n) is 3.42. The normalized spacial score (nSPS) is 15.0. The molecular formula is C24H27N5. The smallest absolute Gasteiger partial charge is 0.227 e. The Labute approximate surface area is 172 Å². The molecular weight excluding hydrogens is 358 g/mol. The Bertz CT molecular complexity index is 903. The molecule has 0 unspecified atom stereocenters. The van der Waals surface area contributed by atoms with Crippen LogP contribution >= 0.6 is 0 Å². The first kappa shape index (κ1) is 19.2. The third-order valence-electron chi connectivity index (χ3n) is 5.09. The number of nitrogens with one attached hydrogen (secondary N) is 1. The van der Waals surface area contributed by atoms with E-state index in [-0.39, 0.29) is 0 Å². The van der Waals surface area contributed by atoms with E-state index in [9.17, 15) is 0 Å². The molecule has 0 spiro atoms. The lowest BCUT2D eigenvalue weighted by Crippen LogP contribution is -2.47. The molecule has 5 heteroatoms. The Balaban J connectivity index is 1.26. The lowest BCUT2D eigenvalue weighted by atomic mass is 10.2. The van der Waals surface area contributed by atoms with Crippen molar-refractivity contribution in [1.29, 1.82) is 0 Å². The Kier molecular flexibility index (Phi) is 6.50. The predicted octanol–water partition coefficient (Wildman–Crippen LogP) is 3.92. The Hall–Kier alpha value is -3.18. The van der Waals surface area contributed by atoms with E-state index in [4.69, 9.17) is 4.98 Å². The van der Waals surface area contributed by atoms with E-state index in [0.29, 0.717) is 0 Å². The molecule has 0 radical (unpaired) electrons. The highest BCUT2D eigenvalue weighted by Gasteiger charge is 2.18. The molecule has 2 aromatic carbocycles. The van der Waals surface area contributed by atoms with Crippen molar-refractivity contribution in [2.24, 2.45) is 0 Å². The van der Waals surface area contributed by atoms with Crippen LogP contribution in [0.2, 0.25) is 0 Å². The van der Waals surface area contributed by atoms with E-state index >= 15 is 0 Å². The Morgan fingerprint density at radius 1 is 0.862 bits per heavy atom. The molecule has 4 rings (SSSR count). The van der Waals surface area contributed by atoms with Gasteiger partial charge in [-0.15, -0.1) is 0 Å². The van der Waals surface area contributed by atoms with Crippen molar-refractivity contribution in [3.05, 3.63) is 90.1 Å². The van der Waals surface area contributed by atoms with E-state index in [2.05, 4.69) is 80.8 Å². The second-order valence-corrected chi connectivity index (χ2v) is 7.18. The van der Waals surface area contributed by atoms with Crippen LogP contribution in [0.4, 0.5) is 11.8 Å². The maximum Gasteiger partial charge on any atom is 0.227 e. The minimum atomic E-state index is 0.763. The summed E-state index contributed by atoms with van der Waals surface area (Å²) >= 11 is 0. The number of piperazine rings is 1. The molecule has 148 valence electrons. The van der Waals surface area contributed by atoms with Gasteiger partial charge >= 0.3 is 0 Å². The number of rotatable bonds is 7. The molecule has 1 aromatic heterocycles. The number of anilines is 2. The molecule has 1 saturated heterocycles. The largest absolute Gasteiger partial charge is 0.366 e. The van der Waals surface area contributed by atoms with Crippen LogP contribution in [-0.4, -0.2) is 47.6 Å². The first-order chi connectivity index (χ1) is 14.4. The Morgan fingerprint density at radius 3 is 2.34 bits per heavy atom. The molecule has 1 N–H and O–H groups in total. The van der Waals surface area contributed by atoms with Gasteiger partial charge in [0.2, 0.25) is 5.95 Å². The summed E-state index contributed by atoms with van der Waals surface area (Å²) in [6.45, 7) is 5.66. The molecule has 0 amide bonds. The molecule has 0 bridgehead atoms. The number of benzene rings is 2. The van der Waals surface area contributed by atoms with E-state index in [1.807, 2.05) is 24.4 Å². The van der Waals surface area contributed by atoms with Crippen LogP contribution in [0.3, 0.4) is 0 Å². The summed E-state index contributed by atoms with van der Waals surface area (Å²) in [5.74, 6) is 1.68. The van der Waals surface area contributed by atoms with E-state index in [1.165, 1.54) is 11.1 Å². The summed E-state index contributed by atoms with van der Waals surface area (Å²) < 4.78 is 0. The van der Waals surface area contributed by atoms with Crippen molar-refractivity contribution in [2.75, 3.05) is 42.9 Å². The van der Waals surface area contributed by atoms with E-state index in [1.54, 1.807) is 0 Å². The zero-order valence-corrected chi connectivity index (χ0v) is 16.6. The standard InChI is InChI=1S/C24H27N5/c1-3-8-21(9-4-1)12-7-15-28-16-18-29(19-17-28)24-25-14-13-23(27-24)26-20-22-10-5-2-6-11-22/h1-14H,15-20H2,(H,25,26,27)/b12-7+. The van der Waals surface area contributed by atoms with Gasteiger partial charge in [0.15, 0.2) is 0 Å². The predicted molar refractivity (Wildman–Crippen MR) is 120 cm³/mol. The van der Waals surface area contributed by atoms with Gasteiger partial charge in [-0.05, 0) is 17.2 Å². The van der Waals surface area contributed by atoms with Crippen LogP contribution < -0.4 is 10.2 Å². The molecule has 1 aliphatic rings. The molecule has 29 heavy (non-hydrogen) atoms. The van der Waals surface area contributed by atoms with Gasteiger partial charge in [-0.1, -0.05) is 72.8 Å². The van der Waals surface area contributed by atoms with Gasteiger partial charge in [-0.25, -0.2) is 4.98 Å². The second kappa shape index (κ2) is 9.85. The van der Waals surface area contributed by atoms with Gasteiger partial charge in [0.25, 0.3) is 0 Å². The molecule has 0 saturated carbocycles. The zero-order chi connectivity index (χ0) is 19.7. The molecule has 0 aliphatic carbocycles. The summed E-state index contributed by atoms with van der Waals surface area (Å²) in [4.78, 5) is 13.9. The maximum atomic E-state index is 4.71. The number of aromatic nitrogens is 2. The lowest BCUT2D eigenvalue weighted by molar-refractivity contribution is 0.283. The molecule has 3 aromatic rings. The average molecular weight is 386 g/mol. The third kappa shape index (κ3) is 5.65. The summed E-state index contributed by atoms with van der Waals surface area (Å²) in [6.07, 6.45) is 6.28. The fraction of sp³-hybridized carbons (Fsp3) is 0.250.